The van der Waals surface area contributed by atoms with Crippen molar-refractivity contribution in [2.75, 3.05) is 6.54 Å². The van der Waals surface area contributed by atoms with Gasteiger partial charge in [-0.25, -0.2) is 0 Å². The summed E-state index contributed by atoms with van der Waals surface area (Å²) >= 11 is 0. The zero-order valence-corrected chi connectivity index (χ0v) is 16.2. The molecule has 1 heterocycles. The van der Waals surface area contributed by atoms with E-state index in [0.29, 0.717) is 19.5 Å². The fourth-order valence-electron chi connectivity index (χ4n) is 6.16. The van der Waals surface area contributed by atoms with Gasteiger partial charge in [0.2, 0.25) is 5.91 Å². The second-order valence-electron chi connectivity index (χ2n) is 9.01. The molecule has 5 rings (SSSR count). The fraction of sp³-hybridized carbons (Fsp3) is 0.609. The molecule has 1 amide bonds. The second-order valence-corrected chi connectivity index (χ2v) is 9.01. The summed E-state index contributed by atoms with van der Waals surface area (Å²) in [6.45, 7) is 3.09. The van der Waals surface area contributed by atoms with E-state index in [2.05, 4.69) is 18.0 Å². The van der Waals surface area contributed by atoms with Crippen molar-refractivity contribution < 1.29 is 4.79 Å². The number of hydrogen-bond acceptors (Lipinski definition) is 3. The maximum Gasteiger partial charge on any atom is 0.246 e. The maximum absolute atomic E-state index is 13.1. The zero-order valence-electron chi connectivity index (χ0n) is 16.2. The number of hydrogen-bond donors (Lipinski definition) is 0. The summed E-state index contributed by atoms with van der Waals surface area (Å²) in [5, 5.41) is 8.98. The van der Waals surface area contributed by atoms with Crippen molar-refractivity contribution in [1.82, 2.24) is 9.88 Å². The lowest BCUT2D eigenvalue weighted by atomic mass is 9.48. The van der Waals surface area contributed by atoms with Gasteiger partial charge in [0.15, 0.2) is 0 Å². The van der Waals surface area contributed by atoms with Gasteiger partial charge < -0.3 is 4.90 Å². The van der Waals surface area contributed by atoms with Crippen molar-refractivity contribution >= 4 is 5.91 Å². The van der Waals surface area contributed by atoms with Gasteiger partial charge in [0.25, 0.3) is 0 Å². The number of rotatable bonds is 6. The van der Waals surface area contributed by atoms with Gasteiger partial charge in [0.1, 0.15) is 0 Å². The molecule has 0 aliphatic heterocycles. The van der Waals surface area contributed by atoms with Crippen molar-refractivity contribution in [2.45, 2.75) is 58.4 Å². The number of allylic oxidation sites excluding steroid dienone is 1. The van der Waals surface area contributed by atoms with Gasteiger partial charge in [-0.2, -0.15) is 5.26 Å². The number of nitrogens with zero attached hydrogens (tertiary/aromatic N) is 3. The summed E-state index contributed by atoms with van der Waals surface area (Å²) in [5.41, 5.74) is 2.40. The van der Waals surface area contributed by atoms with E-state index in [0.717, 1.165) is 23.4 Å². The molecule has 0 atom stereocenters. The molecular formula is C23H29N3O. The van der Waals surface area contributed by atoms with Crippen molar-refractivity contribution in [1.29, 1.82) is 5.26 Å². The highest BCUT2D eigenvalue weighted by atomic mass is 16.2. The lowest BCUT2D eigenvalue weighted by molar-refractivity contribution is -0.126. The number of carbonyl (C=O) groups excluding carboxylic acids is 1. The minimum atomic E-state index is 0.0316. The first-order valence-electron chi connectivity index (χ1n) is 10.3. The highest BCUT2D eigenvalue weighted by Crippen LogP contribution is 2.62. The van der Waals surface area contributed by atoms with Crippen LogP contribution < -0.4 is 0 Å². The third-order valence-electron chi connectivity index (χ3n) is 7.10. The van der Waals surface area contributed by atoms with Gasteiger partial charge in [-0.3, -0.25) is 9.78 Å². The number of amides is 1. The Balaban J connectivity index is 1.51. The highest BCUT2D eigenvalue weighted by Gasteiger charge is 2.51. The molecule has 4 aliphatic carbocycles. The first kappa shape index (κ1) is 18.2. The van der Waals surface area contributed by atoms with Crippen LogP contribution in [0.25, 0.3) is 0 Å². The van der Waals surface area contributed by atoms with Crippen LogP contribution in [0.5, 0.6) is 0 Å². The monoisotopic (exact) mass is 363 g/mol. The molecule has 0 radical (unpaired) electrons. The van der Waals surface area contributed by atoms with Gasteiger partial charge >= 0.3 is 0 Å². The number of nitriles is 1. The summed E-state index contributed by atoms with van der Waals surface area (Å²) in [6, 6.07) is 7.91. The highest BCUT2D eigenvalue weighted by molar-refractivity contribution is 5.88. The maximum atomic E-state index is 13.1. The molecule has 0 saturated heterocycles. The topological polar surface area (TPSA) is 57.0 Å². The van der Waals surface area contributed by atoms with E-state index in [1.165, 1.54) is 44.1 Å². The van der Waals surface area contributed by atoms with Crippen molar-refractivity contribution in [3.8, 4) is 6.07 Å². The Hall–Kier alpha value is -2.15. The summed E-state index contributed by atoms with van der Waals surface area (Å²) in [6.07, 6.45) is 12.0. The Morgan fingerprint density at radius 3 is 2.48 bits per heavy atom. The molecule has 0 spiro atoms. The SMILES string of the molecule is C/C(=C/C(=O)N(CCC#N)Cc1ccccn1)C12CC3CC(CC(C3)C1)C2. The van der Waals surface area contributed by atoms with E-state index in [-0.39, 0.29) is 11.3 Å². The summed E-state index contributed by atoms with van der Waals surface area (Å²) in [4.78, 5) is 19.2. The van der Waals surface area contributed by atoms with E-state index in [4.69, 9.17) is 5.26 Å². The fourth-order valence-corrected chi connectivity index (χ4v) is 6.16. The lowest BCUT2D eigenvalue weighted by Crippen LogP contribution is -2.46. The van der Waals surface area contributed by atoms with Gasteiger partial charge in [-0.15, -0.1) is 0 Å². The van der Waals surface area contributed by atoms with Gasteiger partial charge in [0, 0.05) is 18.8 Å². The Labute approximate surface area is 162 Å². The Morgan fingerprint density at radius 1 is 1.26 bits per heavy atom. The minimum Gasteiger partial charge on any atom is -0.332 e. The standard InChI is InChI=1S/C23H29N3O/c1-17(23-13-18-10-19(14-23)12-20(11-18)15-23)9-22(27)26(8-4-6-24)16-21-5-2-3-7-25-21/h2-3,5,7,9,18-20H,4,8,10-16H2,1H3/b17-9-. The molecule has 4 saturated carbocycles. The Kier molecular flexibility index (Phi) is 5.04. The van der Waals surface area contributed by atoms with E-state index in [1.807, 2.05) is 24.3 Å². The third kappa shape index (κ3) is 3.78. The summed E-state index contributed by atoms with van der Waals surface area (Å²) in [5.74, 6) is 2.65. The van der Waals surface area contributed by atoms with Gasteiger partial charge in [-0.05, 0) is 80.8 Å². The third-order valence-corrected chi connectivity index (χ3v) is 7.10. The van der Waals surface area contributed by atoms with E-state index in [9.17, 15) is 4.79 Å². The quantitative estimate of drug-likeness (QED) is 0.700. The van der Waals surface area contributed by atoms with Crippen LogP contribution in [0.3, 0.4) is 0 Å². The van der Waals surface area contributed by atoms with Crippen LogP contribution in [0.4, 0.5) is 0 Å². The lowest BCUT2D eigenvalue weighted by Gasteiger charge is -2.57. The van der Waals surface area contributed by atoms with Gasteiger partial charge in [-0.1, -0.05) is 11.6 Å². The molecular weight excluding hydrogens is 334 g/mol. The second kappa shape index (κ2) is 7.46. The van der Waals surface area contributed by atoms with Crippen LogP contribution in [-0.2, 0) is 11.3 Å². The largest absolute Gasteiger partial charge is 0.332 e. The van der Waals surface area contributed by atoms with Crippen molar-refractivity contribution in [3.05, 3.63) is 41.7 Å². The normalized spacial score (nSPS) is 31.6. The molecule has 4 aliphatic rings. The first-order chi connectivity index (χ1) is 13.1. The molecule has 0 aromatic carbocycles. The number of aromatic nitrogens is 1. The molecule has 4 bridgehead atoms. The molecule has 1 aromatic heterocycles. The summed E-state index contributed by atoms with van der Waals surface area (Å²) in [7, 11) is 0. The van der Waals surface area contributed by atoms with Gasteiger partial charge in [0.05, 0.1) is 24.7 Å². The average Bonchev–Trinajstić information content (AvgIpc) is 2.64. The molecule has 1 aromatic rings. The van der Waals surface area contributed by atoms with Crippen LogP contribution in [0.15, 0.2) is 36.0 Å². The molecule has 27 heavy (non-hydrogen) atoms. The van der Waals surface area contributed by atoms with Crippen molar-refractivity contribution in [2.24, 2.45) is 23.2 Å². The van der Waals surface area contributed by atoms with Crippen LogP contribution >= 0.6 is 0 Å². The molecule has 4 heteroatoms. The van der Waals surface area contributed by atoms with E-state index in [1.54, 1.807) is 11.1 Å². The van der Waals surface area contributed by atoms with Crippen molar-refractivity contribution in [3.63, 3.8) is 0 Å². The van der Waals surface area contributed by atoms with Crippen LogP contribution in [-0.4, -0.2) is 22.3 Å². The molecule has 0 N–H and O–H groups in total. The van der Waals surface area contributed by atoms with Crippen LogP contribution in [0, 0.1) is 34.5 Å². The predicted octanol–water partition coefficient (Wildman–Crippen LogP) is 4.49. The summed E-state index contributed by atoms with van der Waals surface area (Å²) < 4.78 is 0. The average molecular weight is 364 g/mol. The molecule has 4 nitrogen and oxygen atoms in total. The molecule has 4 fully saturated rings. The number of pyridine rings is 1. The predicted molar refractivity (Wildman–Crippen MR) is 104 cm³/mol. The smallest absolute Gasteiger partial charge is 0.246 e. The van der Waals surface area contributed by atoms with Crippen LogP contribution in [0.1, 0.15) is 57.6 Å². The molecule has 142 valence electrons. The van der Waals surface area contributed by atoms with E-state index >= 15 is 0 Å². The molecule has 0 unspecified atom stereocenters. The zero-order chi connectivity index (χ0) is 18.9. The van der Waals surface area contributed by atoms with Crippen LogP contribution in [0.2, 0.25) is 0 Å². The Bertz CT molecular complexity index is 726. The van der Waals surface area contributed by atoms with E-state index < -0.39 is 0 Å². The minimum absolute atomic E-state index is 0.0316. The first-order valence-corrected chi connectivity index (χ1v) is 10.3. The Morgan fingerprint density at radius 2 is 1.93 bits per heavy atom. The number of carbonyl (C=O) groups is 1.